The van der Waals surface area contributed by atoms with Crippen LogP contribution >= 0.6 is 0 Å². The Hall–Kier alpha value is -2.75. The Morgan fingerprint density at radius 1 is 1.10 bits per heavy atom. The predicted octanol–water partition coefficient (Wildman–Crippen LogP) is 2.18. The lowest BCUT2D eigenvalue weighted by atomic mass is 10.2. The quantitative estimate of drug-likeness (QED) is 0.536. The predicted molar refractivity (Wildman–Crippen MR) is 117 cm³/mol. The molecule has 0 bridgehead atoms. The van der Waals surface area contributed by atoms with Gasteiger partial charge in [0.05, 0.1) is 28.7 Å². The SMILES string of the molecule is Cc1nc2ccccc2nc1CN(C)CC(O)COc1ccc(NS(C)(=O)=O)cc1. The minimum atomic E-state index is -3.32. The van der Waals surface area contributed by atoms with Gasteiger partial charge in [-0.1, -0.05) is 12.1 Å². The Morgan fingerprint density at radius 3 is 2.37 bits per heavy atom. The number of para-hydroxylation sites is 2. The first kappa shape index (κ1) is 21.9. The van der Waals surface area contributed by atoms with Crippen LogP contribution in [0.2, 0.25) is 0 Å². The van der Waals surface area contributed by atoms with Gasteiger partial charge in [-0.15, -0.1) is 0 Å². The average molecular weight is 431 g/mol. The molecule has 3 rings (SSSR count). The van der Waals surface area contributed by atoms with Gasteiger partial charge in [0.25, 0.3) is 0 Å². The van der Waals surface area contributed by atoms with Crippen LogP contribution in [0.15, 0.2) is 48.5 Å². The normalized spacial score (nSPS) is 12.8. The van der Waals surface area contributed by atoms with Gasteiger partial charge >= 0.3 is 0 Å². The van der Waals surface area contributed by atoms with Crippen molar-refractivity contribution in [1.29, 1.82) is 0 Å². The second kappa shape index (κ2) is 9.38. The fourth-order valence-electron chi connectivity index (χ4n) is 3.03. The smallest absolute Gasteiger partial charge is 0.229 e. The number of nitrogens with zero attached hydrogens (tertiary/aromatic N) is 3. The molecule has 2 aromatic carbocycles. The van der Waals surface area contributed by atoms with Crippen molar-refractivity contribution in [3.63, 3.8) is 0 Å². The van der Waals surface area contributed by atoms with Crippen molar-refractivity contribution in [1.82, 2.24) is 14.9 Å². The molecule has 1 aromatic heterocycles. The Morgan fingerprint density at radius 2 is 1.73 bits per heavy atom. The fraction of sp³-hybridized carbons (Fsp3) is 0.333. The van der Waals surface area contributed by atoms with Crippen LogP contribution in [0, 0.1) is 6.92 Å². The summed E-state index contributed by atoms with van der Waals surface area (Å²) in [7, 11) is -1.41. The molecular formula is C21H26N4O4S. The molecule has 0 fully saturated rings. The van der Waals surface area contributed by atoms with Crippen molar-refractivity contribution < 1.29 is 18.3 Å². The van der Waals surface area contributed by atoms with Gasteiger partial charge < -0.3 is 9.84 Å². The number of aliphatic hydroxyl groups excluding tert-OH is 1. The number of rotatable bonds is 9. The molecule has 2 N–H and O–H groups in total. The molecule has 0 saturated carbocycles. The summed E-state index contributed by atoms with van der Waals surface area (Å²) in [5.74, 6) is 0.548. The van der Waals surface area contributed by atoms with Crippen molar-refractivity contribution in [2.45, 2.75) is 19.6 Å². The summed E-state index contributed by atoms with van der Waals surface area (Å²) in [5, 5.41) is 10.3. The van der Waals surface area contributed by atoms with Crippen LogP contribution in [0.4, 0.5) is 5.69 Å². The van der Waals surface area contributed by atoms with Crippen molar-refractivity contribution >= 4 is 26.7 Å². The van der Waals surface area contributed by atoms with E-state index in [4.69, 9.17) is 4.74 Å². The monoisotopic (exact) mass is 430 g/mol. The maximum atomic E-state index is 11.2. The third-order valence-electron chi connectivity index (χ3n) is 4.38. The van der Waals surface area contributed by atoms with E-state index >= 15 is 0 Å². The first-order chi connectivity index (χ1) is 14.2. The number of aliphatic hydroxyl groups is 1. The summed E-state index contributed by atoms with van der Waals surface area (Å²) in [6.45, 7) is 3.02. The minimum Gasteiger partial charge on any atom is -0.491 e. The molecule has 160 valence electrons. The van der Waals surface area contributed by atoms with Crippen LogP contribution in [-0.2, 0) is 16.6 Å². The van der Waals surface area contributed by atoms with E-state index in [2.05, 4.69) is 14.7 Å². The molecule has 1 atom stereocenters. The fourth-order valence-corrected chi connectivity index (χ4v) is 3.60. The van der Waals surface area contributed by atoms with E-state index in [1.807, 2.05) is 43.1 Å². The molecular weight excluding hydrogens is 404 g/mol. The standard InChI is InChI=1S/C21H26N4O4S/c1-15-21(23-20-7-5-4-6-19(20)22-15)13-25(2)12-17(26)14-29-18-10-8-16(9-11-18)24-30(3,27)28/h4-11,17,24,26H,12-14H2,1-3H3. The molecule has 0 radical (unpaired) electrons. The number of fused-ring (bicyclic) bond motifs is 1. The number of likely N-dealkylation sites (N-methyl/N-ethyl adjacent to an activating group) is 1. The molecule has 0 aliphatic carbocycles. The zero-order chi connectivity index (χ0) is 21.7. The van der Waals surface area contributed by atoms with Gasteiger partial charge in [0, 0.05) is 18.8 Å². The molecule has 1 unspecified atom stereocenters. The number of aryl methyl sites for hydroxylation is 1. The van der Waals surface area contributed by atoms with Crippen LogP contribution < -0.4 is 9.46 Å². The third-order valence-corrected chi connectivity index (χ3v) is 4.99. The van der Waals surface area contributed by atoms with Crippen molar-refractivity contribution in [2.24, 2.45) is 0 Å². The number of benzene rings is 2. The number of aromatic nitrogens is 2. The summed E-state index contributed by atoms with van der Waals surface area (Å²) in [5.41, 5.74) is 3.92. The van der Waals surface area contributed by atoms with Crippen molar-refractivity contribution in [2.75, 3.05) is 31.2 Å². The molecule has 1 heterocycles. The van der Waals surface area contributed by atoms with Crippen LogP contribution in [0.3, 0.4) is 0 Å². The van der Waals surface area contributed by atoms with E-state index in [0.29, 0.717) is 24.5 Å². The molecule has 0 aliphatic rings. The molecule has 9 heteroatoms. The highest BCUT2D eigenvalue weighted by Crippen LogP contribution is 2.17. The third kappa shape index (κ3) is 6.38. The summed E-state index contributed by atoms with van der Waals surface area (Å²) in [6, 6.07) is 14.3. The molecule has 0 aliphatic heterocycles. The van der Waals surface area contributed by atoms with E-state index in [0.717, 1.165) is 28.7 Å². The topological polar surface area (TPSA) is 105 Å². The summed E-state index contributed by atoms with van der Waals surface area (Å²) in [6.07, 6.45) is 0.396. The summed E-state index contributed by atoms with van der Waals surface area (Å²) >= 11 is 0. The van der Waals surface area contributed by atoms with Crippen LogP contribution in [-0.4, -0.2) is 61.0 Å². The van der Waals surface area contributed by atoms with E-state index in [1.165, 1.54) is 0 Å². The number of nitrogens with one attached hydrogen (secondary N) is 1. The molecule has 30 heavy (non-hydrogen) atoms. The largest absolute Gasteiger partial charge is 0.491 e. The van der Waals surface area contributed by atoms with Crippen LogP contribution in [0.5, 0.6) is 5.75 Å². The van der Waals surface area contributed by atoms with Gasteiger partial charge in [-0.3, -0.25) is 9.62 Å². The minimum absolute atomic E-state index is 0.117. The van der Waals surface area contributed by atoms with Crippen LogP contribution in [0.1, 0.15) is 11.4 Å². The first-order valence-corrected chi connectivity index (χ1v) is 11.4. The number of hydrogen-bond acceptors (Lipinski definition) is 7. The van der Waals surface area contributed by atoms with Gasteiger partial charge in [0.2, 0.25) is 10.0 Å². The summed E-state index contributed by atoms with van der Waals surface area (Å²) in [4.78, 5) is 11.2. The number of anilines is 1. The van der Waals surface area contributed by atoms with Crippen molar-refractivity contribution in [3.05, 3.63) is 59.9 Å². The molecule has 3 aromatic rings. The molecule has 0 saturated heterocycles. The van der Waals surface area contributed by atoms with Gasteiger partial charge in [-0.2, -0.15) is 0 Å². The second-order valence-electron chi connectivity index (χ2n) is 7.30. The van der Waals surface area contributed by atoms with E-state index < -0.39 is 16.1 Å². The van der Waals surface area contributed by atoms with E-state index in [9.17, 15) is 13.5 Å². The zero-order valence-corrected chi connectivity index (χ0v) is 18.1. The number of hydrogen-bond donors (Lipinski definition) is 2. The first-order valence-electron chi connectivity index (χ1n) is 9.49. The van der Waals surface area contributed by atoms with Crippen molar-refractivity contribution in [3.8, 4) is 5.75 Å². The number of ether oxygens (including phenoxy) is 1. The lowest BCUT2D eigenvalue weighted by Crippen LogP contribution is -2.33. The molecule has 0 amide bonds. The Labute approximate surface area is 176 Å². The Bertz CT molecular complexity index is 1100. The van der Waals surface area contributed by atoms with Gasteiger partial charge in [-0.05, 0) is 50.4 Å². The highest BCUT2D eigenvalue weighted by Gasteiger charge is 2.13. The molecule has 8 nitrogen and oxygen atoms in total. The lowest BCUT2D eigenvalue weighted by Gasteiger charge is -2.21. The Kier molecular flexibility index (Phi) is 6.86. The van der Waals surface area contributed by atoms with E-state index in [1.54, 1.807) is 24.3 Å². The van der Waals surface area contributed by atoms with Crippen LogP contribution in [0.25, 0.3) is 11.0 Å². The zero-order valence-electron chi connectivity index (χ0n) is 17.2. The highest BCUT2D eigenvalue weighted by molar-refractivity contribution is 7.92. The van der Waals surface area contributed by atoms with Gasteiger partial charge in [0.15, 0.2) is 0 Å². The van der Waals surface area contributed by atoms with Gasteiger partial charge in [-0.25, -0.2) is 18.4 Å². The highest BCUT2D eigenvalue weighted by atomic mass is 32.2. The van der Waals surface area contributed by atoms with Gasteiger partial charge in [0.1, 0.15) is 18.5 Å². The Balaban J connectivity index is 1.51. The maximum Gasteiger partial charge on any atom is 0.229 e. The second-order valence-corrected chi connectivity index (χ2v) is 9.05. The average Bonchev–Trinajstić information content (AvgIpc) is 2.67. The summed E-state index contributed by atoms with van der Waals surface area (Å²) < 4.78 is 30.5. The molecule has 0 spiro atoms. The van der Waals surface area contributed by atoms with E-state index in [-0.39, 0.29) is 6.61 Å². The lowest BCUT2D eigenvalue weighted by molar-refractivity contribution is 0.0740. The maximum absolute atomic E-state index is 11.2. The number of sulfonamides is 1.